The predicted molar refractivity (Wildman–Crippen MR) is 71.7 cm³/mol. The molecule has 1 unspecified atom stereocenters. The first-order valence-corrected chi connectivity index (χ1v) is 5.97. The molecule has 0 spiro atoms. The number of aryl methyl sites for hydroxylation is 1. The Hall–Kier alpha value is -1.81. The van der Waals surface area contributed by atoms with Gasteiger partial charge < -0.3 is 14.6 Å². The van der Waals surface area contributed by atoms with Gasteiger partial charge in [-0.3, -0.25) is 4.79 Å². The standard InChI is InChI=1S/C14H18N2O2/c1-10(9-18-3)15-14(17)12-8-16(2)13-7-5-4-6-11(12)13/h4-8,10H,9H2,1-3H3,(H,15,17). The minimum absolute atomic E-state index is 0.00136. The number of carbonyl (C=O) groups is 1. The van der Waals surface area contributed by atoms with E-state index in [-0.39, 0.29) is 11.9 Å². The highest BCUT2D eigenvalue weighted by Crippen LogP contribution is 2.20. The van der Waals surface area contributed by atoms with E-state index in [0.717, 1.165) is 10.9 Å². The number of ether oxygens (including phenoxy) is 1. The molecule has 1 N–H and O–H groups in total. The first-order chi connectivity index (χ1) is 8.63. The number of amides is 1. The van der Waals surface area contributed by atoms with E-state index in [1.807, 2.05) is 49.0 Å². The van der Waals surface area contributed by atoms with Gasteiger partial charge in [0.1, 0.15) is 0 Å². The molecule has 0 aliphatic rings. The summed E-state index contributed by atoms with van der Waals surface area (Å²) in [6.45, 7) is 2.43. The molecule has 96 valence electrons. The van der Waals surface area contributed by atoms with Gasteiger partial charge in [-0.05, 0) is 13.0 Å². The molecule has 0 saturated carbocycles. The third-order valence-electron chi connectivity index (χ3n) is 2.94. The number of fused-ring (bicyclic) bond motifs is 1. The molecule has 2 aromatic rings. The maximum atomic E-state index is 12.2. The number of para-hydroxylation sites is 1. The number of nitrogens with zero attached hydrogens (tertiary/aromatic N) is 1. The van der Waals surface area contributed by atoms with Gasteiger partial charge in [-0.2, -0.15) is 0 Å². The molecule has 1 amide bonds. The van der Waals surface area contributed by atoms with Crippen LogP contribution >= 0.6 is 0 Å². The highest BCUT2D eigenvalue weighted by atomic mass is 16.5. The molecule has 4 heteroatoms. The molecule has 0 aliphatic carbocycles. The lowest BCUT2D eigenvalue weighted by Gasteiger charge is -2.12. The summed E-state index contributed by atoms with van der Waals surface area (Å²) in [4.78, 5) is 12.2. The Morgan fingerprint density at radius 2 is 2.17 bits per heavy atom. The van der Waals surface area contributed by atoms with Crippen LogP contribution in [0.1, 0.15) is 17.3 Å². The van der Waals surface area contributed by atoms with E-state index >= 15 is 0 Å². The molecular formula is C14H18N2O2. The van der Waals surface area contributed by atoms with Crippen LogP contribution in [0.3, 0.4) is 0 Å². The van der Waals surface area contributed by atoms with Crippen molar-refractivity contribution in [2.24, 2.45) is 7.05 Å². The van der Waals surface area contributed by atoms with Gasteiger partial charge in [0.15, 0.2) is 0 Å². The maximum Gasteiger partial charge on any atom is 0.253 e. The topological polar surface area (TPSA) is 43.3 Å². The van der Waals surface area contributed by atoms with E-state index in [0.29, 0.717) is 12.2 Å². The predicted octanol–water partition coefficient (Wildman–Crippen LogP) is 1.94. The van der Waals surface area contributed by atoms with Gasteiger partial charge in [-0.25, -0.2) is 0 Å². The molecule has 0 fully saturated rings. The number of benzene rings is 1. The Bertz CT molecular complexity index is 560. The van der Waals surface area contributed by atoms with Gasteiger partial charge in [0.2, 0.25) is 0 Å². The number of nitrogens with one attached hydrogen (secondary N) is 1. The van der Waals surface area contributed by atoms with Crippen molar-refractivity contribution in [2.75, 3.05) is 13.7 Å². The fraction of sp³-hybridized carbons (Fsp3) is 0.357. The van der Waals surface area contributed by atoms with Crippen molar-refractivity contribution in [3.8, 4) is 0 Å². The number of hydrogen-bond acceptors (Lipinski definition) is 2. The highest BCUT2D eigenvalue weighted by molar-refractivity contribution is 6.07. The van der Waals surface area contributed by atoms with Crippen LogP contribution in [0.25, 0.3) is 10.9 Å². The van der Waals surface area contributed by atoms with E-state index in [2.05, 4.69) is 5.32 Å². The Labute approximate surface area is 107 Å². The fourth-order valence-corrected chi connectivity index (χ4v) is 2.12. The summed E-state index contributed by atoms with van der Waals surface area (Å²) in [5.74, 6) is -0.0589. The lowest BCUT2D eigenvalue weighted by Crippen LogP contribution is -2.35. The Morgan fingerprint density at radius 1 is 1.44 bits per heavy atom. The number of hydrogen-bond donors (Lipinski definition) is 1. The Kier molecular flexibility index (Phi) is 3.67. The van der Waals surface area contributed by atoms with E-state index in [1.54, 1.807) is 7.11 Å². The summed E-state index contributed by atoms with van der Waals surface area (Å²) >= 11 is 0. The van der Waals surface area contributed by atoms with Gasteiger partial charge in [0, 0.05) is 37.3 Å². The summed E-state index contributed by atoms with van der Waals surface area (Å²) in [7, 11) is 3.57. The van der Waals surface area contributed by atoms with Gasteiger partial charge in [0.05, 0.1) is 12.2 Å². The third kappa shape index (κ3) is 2.38. The van der Waals surface area contributed by atoms with Crippen LogP contribution in [-0.2, 0) is 11.8 Å². The average molecular weight is 246 g/mol. The zero-order valence-corrected chi connectivity index (χ0v) is 10.9. The van der Waals surface area contributed by atoms with Crippen LogP contribution in [-0.4, -0.2) is 30.2 Å². The number of carbonyl (C=O) groups excluding carboxylic acids is 1. The SMILES string of the molecule is COCC(C)NC(=O)c1cn(C)c2ccccc12. The quantitative estimate of drug-likeness (QED) is 0.896. The molecule has 1 heterocycles. The van der Waals surface area contributed by atoms with Crippen LogP contribution in [0.4, 0.5) is 0 Å². The van der Waals surface area contributed by atoms with Crippen molar-refractivity contribution in [2.45, 2.75) is 13.0 Å². The van der Waals surface area contributed by atoms with Crippen LogP contribution < -0.4 is 5.32 Å². The Balaban J connectivity index is 2.28. The largest absolute Gasteiger partial charge is 0.383 e. The fourth-order valence-electron chi connectivity index (χ4n) is 2.12. The monoisotopic (exact) mass is 246 g/mol. The molecule has 1 aromatic heterocycles. The second kappa shape index (κ2) is 5.23. The van der Waals surface area contributed by atoms with Crippen molar-refractivity contribution < 1.29 is 9.53 Å². The molecule has 1 aromatic carbocycles. The molecular weight excluding hydrogens is 228 g/mol. The van der Waals surface area contributed by atoms with Crippen LogP contribution in [0.5, 0.6) is 0 Å². The molecule has 4 nitrogen and oxygen atoms in total. The van der Waals surface area contributed by atoms with Crippen LogP contribution in [0, 0.1) is 0 Å². The van der Waals surface area contributed by atoms with Crippen molar-refractivity contribution in [1.29, 1.82) is 0 Å². The van der Waals surface area contributed by atoms with Crippen molar-refractivity contribution in [3.63, 3.8) is 0 Å². The minimum atomic E-state index is -0.0589. The van der Waals surface area contributed by atoms with Gasteiger partial charge in [-0.15, -0.1) is 0 Å². The van der Waals surface area contributed by atoms with E-state index in [4.69, 9.17) is 4.74 Å². The highest BCUT2D eigenvalue weighted by Gasteiger charge is 2.15. The molecule has 0 saturated heterocycles. The van der Waals surface area contributed by atoms with E-state index in [9.17, 15) is 4.79 Å². The second-order valence-electron chi connectivity index (χ2n) is 4.50. The normalized spacial score (nSPS) is 12.6. The maximum absolute atomic E-state index is 12.2. The summed E-state index contributed by atoms with van der Waals surface area (Å²) in [5.41, 5.74) is 1.76. The van der Waals surface area contributed by atoms with Crippen molar-refractivity contribution >= 4 is 16.8 Å². The second-order valence-corrected chi connectivity index (χ2v) is 4.50. The van der Waals surface area contributed by atoms with Crippen LogP contribution in [0.15, 0.2) is 30.5 Å². The third-order valence-corrected chi connectivity index (χ3v) is 2.94. The number of rotatable bonds is 4. The molecule has 2 rings (SSSR count). The first kappa shape index (κ1) is 12.6. The van der Waals surface area contributed by atoms with E-state index < -0.39 is 0 Å². The summed E-state index contributed by atoms with van der Waals surface area (Å²) < 4.78 is 6.98. The average Bonchev–Trinajstić information content (AvgIpc) is 2.68. The van der Waals surface area contributed by atoms with Gasteiger partial charge in [0.25, 0.3) is 5.91 Å². The molecule has 0 radical (unpaired) electrons. The first-order valence-electron chi connectivity index (χ1n) is 5.97. The smallest absolute Gasteiger partial charge is 0.253 e. The summed E-state index contributed by atoms with van der Waals surface area (Å²) in [6.07, 6.45) is 1.86. The molecule has 18 heavy (non-hydrogen) atoms. The summed E-state index contributed by atoms with van der Waals surface area (Å²) in [6, 6.07) is 7.88. The van der Waals surface area contributed by atoms with Crippen molar-refractivity contribution in [3.05, 3.63) is 36.0 Å². The molecule has 0 aliphatic heterocycles. The van der Waals surface area contributed by atoms with E-state index in [1.165, 1.54) is 0 Å². The summed E-state index contributed by atoms with van der Waals surface area (Å²) in [5, 5.41) is 3.90. The van der Waals surface area contributed by atoms with Crippen LogP contribution in [0.2, 0.25) is 0 Å². The van der Waals surface area contributed by atoms with Gasteiger partial charge >= 0.3 is 0 Å². The Morgan fingerprint density at radius 3 is 2.89 bits per heavy atom. The molecule has 1 atom stereocenters. The number of methoxy groups -OCH3 is 1. The molecule has 0 bridgehead atoms. The number of aromatic nitrogens is 1. The van der Waals surface area contributed by atoms with Crippen molar-refractivity contribution in [1.82, 2.24) is 9.88 Å². The zero-order chi connectivity index (χ0) is 13.1. The minimum Gasteiger partial charge on any atom is -0.383 e. The zero-order valence-electron chi connectivity index (χ0n) is 10.9. The lowest BCUT2D eigenvalue weighted by atomic mass is 10.1. The lowest BCUT2D eigenvalue weighted by molar-refractivity contribution is 0.0907. The van der Waals surface area contributed by atoms with Gasteiger partial charge in [-0.1, -0.05) is 18.2 Å².